The zero-order valence-electron chi connectivity index (χ0n) is 15.2. The fourth-order valence-electron chi connectivity index (χ4n) is 3.59. The summed E-state index contributed by atoms with van der Waals surface area (Å²) >= 11 is 0. The molecule has 6 heteroatoms. The number of aromatic amines is 1. The molecule has 1 fully saturated rings. The van der Waals surface area contributed by atoms with Gasteiger partial charge >= 0.3 is 0 Å². The highest BCUT2D eigenvalue weighted by Crippen LogP contribution is 2.22. The van der Waals surface area contributed by atoms with E-state index in [1.54, 1.807) is 0 Å². The first-order chi connectivity index (χ1) is 12.8. The fourth-order valence-corrected chi connectivity index (χ4v) is 3.59. The third-order valence-corrected chi connectivity index (χ3v) is 4.92. The molecule has 2 aromatic heterocycles. The van der Waals surface area contributed by atoms with Crippen LogP contribution in [-0.2, 0) is 13.1 Å². The largest absolute Gasteiger partial charge is 0.361 e. The minimum Gasteiger partial charge on any atom is -0.361 e. The molecule has 0 saturated carbocycles. The van der Waals surface area contributed by atoms with Gasteiger partial charge in [0.1, 0.15) is 5.76 Å². The minimum atomic E-state index is 0.867. The number of nitrogens with one attached hydrogen (secondary N) is 1. The van der Waals surface area contributed by atoms with Crippen LogP contribution in [0.1, 0.15) is 23.4 Å². The van der Waals surface area contributed by atoms with Crippen LogP contribution in [0.5, 0.6) is 0 Å². The first kappa shape index (κ1) is 17.0. The second-order valence-electron chi connectivity index (χ2n) is 6.97. The van der Waals surface area contributed by atoms with Crippen LogP contribution in [0.3, 0.4) is 0 Å². The van der Waals surface area contributed by atoms with Crippen molar-refractivity contribution in [3.8, 4) is 11.3 Å². The van der Waals surface area contributed by atoms with E-state index in [2.05, 4.69) is 49.4 Å². The van der Waals surface area contributed by atoms with Crippen LogP contribution in [0.25, 0.3) is 11.3 Å². The number of hydrogen-bond donors (Lipinski definition) is 1. The van der Waals surface area contributed by atoms with Crippen molar-refractivity contribution in [2.75, 3.05) is 26.2 Å². The summed E-state index contributed by atoms with van der Waals surface area (Å²) in [5.41, 5.74) is 4.61. The first-order valence-corrected chi connectivity index (χ1v) is 9.22. The summed E-state index contributed by atoms with van der Waals surface area (Å²) in [6, 6.07) is 12.5. The van der Waals surface area contributed by atoms with Crippen molar-refractivity contribution in [3.63, 3.8) is 0 Å². The normalized spacial score (nSPS) is 16.7. The number of aryl methyl sites for hydroxylation is 1. The zero-order chi connectivity index (χ0) is 17.8. The van der Waals surface area contributed by atoms with Gasteiger partial charge in [-0.25, -0.2) is 0 Å². The van der Waals surface area contributed by atoms with Crippen LogP contribution in [0, 0.1) is 6.92 Å². The van der Waals surface area contributed by atoms with Gasteiger partial charge in [0.25, 0.3) is 0 Å². The Morgan fingerprint density at radius 2 is 1.81 bits per heavy atom. The van der Waals surface area contributed by atoms with Crippen LogP contribution in [0.4, 0.5) is 0 Å². The predicted octanol–water partition coefficient (Wildman–Crippen LogP) is 3.08. The van der Waals surface area contributed by atoms with Crippen LogP contribution in [0.2, 0.25) is 0 Å². The Balaban J connectivity index is 1.37. The Kier molecular flexibility index (Phi) is 5.13. The van der Waals surface area contributed by atoms with Gasteiger partial charge < -0.3 is 4.52 Å². The molecule has 1 aliphatic rings. The number of hydrogen-bond acceptors (Lipinski definition) is 5. The number of H-pyrrole nitrogens is 1. The quantitative estimate of drug-likeness (QED) is 0.765. The number of rotatable bonds is 5. The average Bonchev–Trinajstić information content (AvgIpc) is 3.22. The van der Waals surface area contributed by atoms with E-state index < -0.39 is 0 Å². The van der Waals surface area contributed by atoms with E-state index in [-0.39, 0.29) is 0 Å². The maximum atomic E-state index is 5.19. The molecule has 1 N–H and O–H groups in total. The van der Waals surface area contributed by atoms with E-state index in [0.29, 0.717) is 0 Å². The molecule has 0 aliphatic carbocycles. The van der Waals surface area contributed by atoms with Gasteiger partial charge in [0.05, 0.1) is 17.6 Å². The molecule has 1 aromatic carbocycles. The monoisotopic (exact) mass is 351 g/mol. The van der Waals surface area contributed by atoms with Crippen LogP contribution in [-0.4, -0.2) is 51.3 Å². The van der Waals surface area contributed by atoms with Gasteiger partial charge in [-0.15, -0.1) is 0 Å². The van der Waals surface area contributed by atoms with Crippen LogP contribution < -0.4 is 0 Å². The molecule has 0 spiro atoms. The second-order valence-corrected chi connectivity index (χ2v) is 6.97. The van der Waals surface area contributed by atoms with Gasteiger partial charge in [0.15, 0.2) is 0 Å². The highest BCUT2D eigenvalue weighted by Gasteiger charge is 2.18. The summed E-state index contributed by atoms with van der Waals surface area (Å²) < 4.78 is 5.19. The van der Waals surface area contributed by atoms with E-state index in [0.717, 1.165) is 62.8 Å². The van der Waals surface area contributed by atoms with Crippen molar-refractivity contribution >= 4 is 0 Å². The Hall–Kier alpha value is -2.44. The Morgan fingerprint density at radius 1 is 1.04 bits per heavy atom. The number of nitrogens with zero attached hydrogens (tertiary/aromatic N) is 4. The molecule has 0 amide bonds. The van der Waals surface area contributed by atoms with Gasteiger partial charge in [-0.1, -0.05) is 35.5 Å². The van der Waals surface area contributed by atoms with Gasteiger partial charge in [-0.05, 0) is 32.0 Å². The summed E-state index contributed by atoms with van der Waals surface area (Å²) in [4.78, 5) is 4.98. The topological polar surface area (TPSA) is 61.2 Å². The van der Waals surface area contributed by atoms with E-state index >= 15 is 0 Å². The summed E-state index contributed by atoms with van der Waals surface area (Å²) in [5.74, 6) is 0.879. The lowest BCUT2D eigenvalue weighted by molar-refractivity contribution is 0.242. The molecule has 0 unspecified atom stereocenters. The van der Waals surface area contributed by atoms with Crippen molar-refractivity contribution in [2.24, 2.45) is 0 Å². The molecule has 1 aliphatic heterocycles. The Labute approximate surface area is 153 Å². The van der Waals surface area contributed by atoms with E-state index in [9.17, 15) is 0 Å². The lowest BCUT2D eigenvalue weighted by Gasteiger charge is -2.21. The molecule has 26 heavy (non-hydrogen) atoms. The maximum Gasteiger partial charge on any atom is 0.133 e. The molecule has 136 valence electrons. The minimum absolute atomic E-state index is 0.867. The second kappa shape index (κ2) is 7.85. The number of benzene rings is 1. The molecule has 3 aromatic rings. The fraction of sp³-hybridized carbons (Fsp3) is 0.400. The maximum absolute atomic E-state index is 5.19. The standard InChI is InChI=1S/C20H25N5O/c1-16-12-19(23-26-16)15-25-9-5-8-24(10-11-25)14-18-13-21-22-20(18)17-6-3-2-4-7-17/h2-4,6-7,12-13H,5,8-11,14-15H2,1H3,(H,21,22). The molecule has 6 nitrogen and oxygen atoms in total. The van der Waals surface area contributed by atoms with Gasteiger partial charge in [-0.2, -0.15) is 5.10 Å². The van der Waals surface area contributed by atoms with Crippen molar-refractivity contribution < 1.29 is 4.52 Å². The third kappa shape index (κ3) is 4.03. The first-order valence-electron chi connectivity index (χ1n) is 9.22. The molecular weight excluding hydrogens is 326 g/mol. The summed E-state index contributed by atoms with van der Waals surface area (Å²) in [5, 5.41) is 11.6. The molecule has 4 rings (SSSR count). The van der Waals surface area contributed by atoms with Crippen LogP contribution in [0.15, 0.2) is 47.1 Å². The third-order valence-electron chi connectivity index (χ3n) is 4.92. The van der Waals surface area contributed by atoms with E-state index in [4.69, 9.17) is 4.52 Å². The summed E-state index contributed by atoms with van der Waals surface area (Å²) in [6.07, 6.45) is 3.12. The lowest BCUT2D eigenvalue weighted by atomic mass is 10.1. The molecule has 0 bridgehead atoms. The predicted molar refractivity (Wildman–Crippen MR) is 100 cm³/mol. The van der Waals surface area contributed by atoms with E-state index in [1.165, 1.54) is 11.1 Å². The zero-order valence-corrected chi connectivity index (χ0v) is 15.2. The molecule has 0 radical (unpaired) electrons. The summed E-state index contributed by atoms with van der Waals surface area (Å²) in [7, 11) is 0. The SMILES string of the molecule is Cc1cc(CN2CCCN(Cc3cn[nH]c3-c3ccccc3)CC2)no1. The van der Waals surface area contributed by atoms with Crippen molar-refractivity contribution in [1.82, 2.24) is 25.2 Å². The van der Waals surface area contributed by atoms with Crippen LogP contribution >= 0.6 is 0 Å². The molecular formula is C20H25N5O. The lowest BCUT2D eigenvalue weighted by Crippen LogP contribution is -2.30. The highest BCUT2D eigenvalue weighted by atomic mass is 16.5. The van der Waals surface area contributed by atoms with Crippen molar-refractivity contribution in [3.05, 3.63) is 59.6 Å². The van der Waals surface area contributed by atoms with E-state index in [1.807, 2.05) is 25.3 Å². The smallest absolute Gasteiger partial charge is 0.133 e. The Bertz CT molecular complexity index is 826. The van der Waals surface area contributed by atoms with Gasteiger partial charge in [0, 0.05) is 37.8 Å². The molecule has 1 saturated heterocycles. The molecule has 0 atom stereocenters. The van der Waals surface area contributed by atoms with Gasteiger partial charge in [0.2, 0.25) is 0 Å². The van der Waals surface area contributed by atoms with Crippen molar-refractivity contribution in [2.45, 2.75) is 26.4 Å². The average molecular weight is 351 g/mol. The summed E-state index contributed by atoms with van der Waals surface area (Å²) in [6.45, 7) is 8.04. The number of aromatic nitrogens is 3. The molecule has 3 heterocycles. The Morgan fingerprint density at radius 3 is 2.54 bits per heavy atom. The van der Waals surface area contributed by atoms with Gasteiger partial charge in [-0.3, -0.25) is 14.9 Å². The van der Waals surface area contributed by atoms with Crippen molar-refractivity contribution in [1.29, 1.82) is 0 Å². The highest BCUT2D eigenvalue weighted by molar-refractivity contribution is 5.62.